The van der Waals surface area contributed by atoms with Gasteiger partial charge in [0, 0.05) is 12.2 Å². The molecule has 2 aromatic carbocycles. The van der Waals surface area contributed by atoms with Gasteiger partial charge in [0.25, 0.3) is 0 Å². The SMILES string of the molecule is Cc1ccc(C)c(NCc2ccc(F)cc2C)c1. The van der Waals surface area contributed by atoms with Crippen LogP contribution in [-0.2, 0) is 6.54 Å². The van der Waals surface area contributed by atoms with Crippen molar-refractivity contribution in [1.82, 2.24) is 0 Å². The highest BCUT2D eigenvalue weighted by Gasteiger charge is 2.02. The fourth-order valence-corrected chi connectivity index (χ4v) is 1.97. The van der Waals surface area contributed by atoms with Crippen molar-refractivity contribution < 1.29 is 4.39 Å². The Morgan fingerprint density at radius 1 is 0.944 bits per heavy atom. The lowest BCUT2D eigenvalue weighted by Crippen LogP contribution is -2.03. The van der Waals surface area contributed by atoms with Crippen LogP contribution in [0.4, 0.5) is 10.1 Å². The second-order valence-corrected chi connectivity index (χ2v) is 4.74. The molecule has 0 fully saturated rings. The van der Waals surface area contributed by atoms with Crippen molar-refractivity contribution >= 4 is 5.69 Å². The molecule has 0 heterocycles. The summed E-state index contributed by atoms with van der Waals surface area (Å²) in [5.41, 5.74) is 5.70. The Morgan fingerprint density at radius 2 is 1.72 bits per heavy atom. The van der Waals surface area contributed by atoms with Gasteiger partial charge in [-0.25, -0.2) is 4.39 Å². The van der Waals surface area contributed by atoms with Gasteiger partial charge >= 0.3 is 0 Å². The number of benzene rings is 2. The van der Waals surface area contributed by atoms with Gasteiger partial charge in [-0.05, 0) is 61.2 Å². The minimum atomic E-state index is -0.178. The first-order chi connectivity index (χ1) is 8.56. The maximum absolute atomic E-state index is 13.0. The van der Waals surface area contributed by atoms with E-state index in [1.165, 1.54) is 17.2 Å². The van der Waals surface area contributed by atoms with Crippen molar-refractivity contribution in [3.05, 3.63) is 64.5 Å². The second-order valence-electron chi connectivity index (χ2n) is 4.74. The summed E-state index contributed by atoms with van der Waals surface area (Å²) in [4.78, 5) is 0. The normalized spacial score (nSPS) is 10.4. The zero-order valence-corrected chi connectivity index (χ0v) is 11.0. The highest BCUT2D eigenvalue weighted by molar-refractivity contribution is 5.53. The Labute approximate surface area is 108 Å². The first kappa shape index (κ1) is 12.6. The highest BCUT2D eigenvalue weighted by Crippen LogP contribution is 2.18. The van der Waals surface area contributed by atoms with Gasteiger partial charge in [0.2, 0.25) is 0 Å². The number of rotatable bonds is 3. The van der Waals surface area contributed by atoms with Crippen LogP contribution in [0.25, 0.3) is 0 Å². The largest absolute Gasteiger partial charge is 0.381 e. The number of halogens is 1. The fourth-order valence-electron chi connectivity index (χ4n) is 1.97. The van der Waals surface area contributed by atoms with Crippen LogP contribution < -0.4 is 5.32 Å². The predicted octanol–water partition coefficient (Wildman–Crippen LogP) is 4.36. The summed E-state index contributed by atoms with van der Waals surface area (Å²) >= 11 is 0. The highest BCUT2D eigenvalue weighted by atomic mass is 19.1. The van der Waals surface area contributed by atoms with Crippen molar-refractivity contribution in [1.29, 1.82) is 0 Å². The quantitative estimate of drug-likeness (QED) is 0.844. The predicted molar refractivity (Wildman–Crippen MR) is 74.4 cm³/mol. The van der Waals surface area contributed by atoms with Crippen LogP contribution in [-0.4, -0.2) is 0 Å². The zero-order valence-electron chi connectivity index (χ0n) is 11.0. The molecular formula is C16H18FN. The number of nitrogens with one attached hydrogen (secondary N) is 1. The van der Waals surface area contributed by atoms with Crippen molar-refractivity contribution in [2.75, 3.05) is 5.32 Å². The molecule has 0 aromatic heterocycles. The topological polar surface area (TPSA) is 12.0 Å². The molecule has 2 aromatic rings. The number of anilines is 1. The molecule has 0 aliphatic carbocycles. The third-order valence-electron chi connectivity index (χ3n) is 3.17. The molecular weight excluding hydrogens is 225 g/mol. The van der Waals surface area contributed by atoms with Crippen LogP contribution in [0.1, 0.15) is 22.3 Å². The third-order valence-corrected chi connectivity index (χ3v) is 3.17. The molecule has 18 heavy (non-hydrogen) atoms. The minimum Gasteiger partial charge on any atom is -0.381 e. The Morgan fingerprint density at radius 3 is 2.44 bits per heavy atom. The van der Waals surface area contributed by atoms with Crippen molar-refractivity contribution in [3.8, 4) is 0 Å². The average molecular weight is 243 g/mol. The van der Waals surface area contributed by atoms with Crippen LogP contribution in [0.15, 0.2) is 36.4 Å². The van der Waals surface area contributed by atoms with Gasteiger partial charge in [0.15, 0.2) is 0 Å². The molecule has 0 aliphatic heterocycles. The second kappa shape index (κ2) is 5.21. The van der Waals surface area contributed by atoms with E-state index >= 15 is 0 Å². The summed E-state index contributed by atoms with van der Waals surface area (Å²) in [6.07, 6.45) is 0. The average Bonchev–Trinajstić information content (AvgIpc) is 2.32. The fraction of sp³-hybridized carbons (Fsp3) is 0.250. The van der Waals surface area contributed by atoms with E-state index in [1.807, 2.05) is 13.0 Å². The number of hydrogen-bond acceptors (Lipinski definition) is 1. The van der Waals surface area contributed by atoms with Gasteiger partial charge in [-0.3, -0.25) is 0 Å². The van der Waals surface area contributed by atoms with Gasteiger partial charge in [0.05, 0.1) is 0 Å². The van der Waals surface area contributed by atoms with E-state index < -0.39 is 0 Å². The first-order valence-electron chi connectivity index (χ1n) is 6.12. The maximum atomic E-state index is 13.0. The molecule has 2 rings (SSSR count). The third kappa shape index (κ3) is 2.89. The van der Waals surface area contributed by atoms with Crippen LogP contribution in [0.5, 0.6) is 0 Å². The van der Waals surface area contributed by atoms with Gasteiger partial charge in [-0.15, -0.1) is 0 Å². The Balaban J connectivity index is 2.13. The van der Waals surface area contributed by atoms with Crippen LogP contribution in [0, 0.1) is 26.6 Å². The maximum Gasteiger partial charge on any atom is 0.123 e. The Bertz CT molecular complexity index is 561. The Kier molecular flexibility index (Phi) is 3.66. The summed E-state index contributed by atoms with van der Waals surface area (Å²) in [5.74, 6) is -0.178. The molecule has 1 nitrogen and oxygen atoms in total. The molecule has 0 saturated heterocycles. The summed E-state index contributed by atoms with van der Waals surface area (Å²) in [7, 11) is 0. The van der Waals surface area contributed by atoms with Gasteiger partial charge in [0.1, 0.15) is 5.82 Å². The molecule has 0 bridgehead atoms. The summed E-state index contributed by atoms with van der Waals surface area (Å²) < 4.78 is 13.0. The van der Waals surface area contributed by atoms with Crippen LogP contribution in [0.2, 0.25) is 0 Å². The molecule has 0 radical (unpaired) electrons. The van der Waals surface area contributed by atoms with Gasteiger partial charge in [-0.2, -0.15) is 0 Å². The lowest BCUT2D eigenvalue weighted by Gasteiger charge is -2.12. The molecule has 0 unspecified atom stereocenters. The van der Waals surface area contributed by atoms with E-state index in [9.17, 15) is 4.39 Å². The molecule has 1 N–H and O–H groups in total. The smallest absolute Gasteiger partial charge is 0.123 e. The molecule has 0 amide bonds. The number of aryl methyl sites for hydroxylation is 3. The van der Waals surface area contributed by atoms with E-state index in [4.69, 9.17) is 0 Å². The molecule has 0 spiro atoms. The zero-order chi connectivity index (χ0) is 13.1. The van der Waals surface area contributed by atoms with Crippen molar-refractivity contribution in [3.63, 3.8) is 0 Å². The van der Waals surface area contributed by atoms with E-state index in [-0.39, 0.29) is 5.82 Å². The minimum absolute atomic E-state index is 0.178. The van der Waals surface area contributed by atoms with Gasteiger partial charge < -0.3 is 5.32 Å². The monoisotopic (exact) mass is 243 g/mol. The van der Waals surface area contributed by atoms with Crippen LogP contribution >= 0.6 is 0 Å². The number of hydrogen-bond donors (Lipinski definition) is 1. The first-order valence-corrected chi connectivity index (χ1v) is 6.12. The molecule has 94 valence electrons. The standard InChI is InChI=1S/C16H18FN/c1-11-4-5-12(2)16(8-11)18-10-14-6-7-15(17)9-13(14)3/h4-9,18H,10H2,1-3H3. The van der Waals surface area contributed by atoms with E-state index in [2.05, 4.69) is 37.4 Å². The molecule has 2 heteroatoms. The van der Waals surface area contributed by atoms with E-state index in [0.717, 1.165) is 23.4 Å². The lowest BCUT2D eigenvalue weighted by atomic mass is 10.1. The van der Waals surface area contributed by atoms with Crippen molar-refractivity contribution in [2.24, 2.45) is 0 Å². The van der Waals surface area contributed by atoms with Crippen LogP contribution in [0.3, 0.4) is 0 Å². The lowest BCUT2D eigenvalue weighted by molar-refractivity contribution is 0.625. The van der Waals surface area contributed by atoms with Gasteiger partial charge in [-0.1, -0.05) is 18.2 Å². The van der Waals surface area contributed by atoms with E-state index in [0.29, 0.717) is 0 Å². The Hall–Kier alpha value is -1.83. The summed E-state index contributed by atoms with van der Waals surface area (Å²) in [6.45, 7) is 6.81. The molecule has 0 saturated carbocycles. The summed E-state index contributed by atoms with van der Waals surface area (Å²) in [6, 6.07) is 11.3. The molecule has 0 aliphatic rings. The summed E-state index contributed by atoms with van der Waals surface area (Å²) in [5, 5.41) is 3.41. The molecule has 0 atom stereocenters. The van der Waals surface area contributed by atoms with Crippen molar-refractivity contribution in [2.45, 2.75) is 27.3 Å². The van der Waals surface area contributed by atoms with E-state index in [1.54, 1.807) is 6.07 Å².